The van der Waals surface area contributed by atoms with Gasteiger partial charge in [0.15, 0.2) is 0 Å². The van der Waals surface area contributed by atoms with Crippen LogP contribution in [-0.4, -0.2) is 14.7 Å². The second-order valence-corrected chi connectivity index (χ2v) is 2.63. The summed E-state index contributed by atoms with van der Waals surface area (Å²) in [5.41, 5.74) is 0.942. The van der Waals surface area contributed by atoms with E-state index >= 15 is 0 Å². The number of nitro groups is 1. The van der Waals surface area contributed by atoms with Crippen molar-refractivity contribution in [2.75, 3.05) is 0 Å². The smallest absolute Gasteiger partial charge is 0.248 e. The molecule has 0 saturated heterocycles. The molecule has 0 spiro atoms. The number of rotatable bonds is 3. The average molecular weight is 181 g/mol. The Bertz CT molecular complexity index is 341. The third-order valence-corrected chi connectivity index (χ3v) is 1.77. The van der Waals surface area contributed by atoms with Crippen LogP contribution in [0.1, 0.15) is 19.0 Å². The number of aromatic nitrogens is 2. The number of hydrogen-bond acceptors (Lipinski definition) is 3. The molecule has 0 aliphatic heterocycles. The molecule has 1 aromatic heterocycles. The summed E-state index contributed by atoms with van der Waals surface area (Å²) in [4.78, 5) is 10.1. The first kappa shape index (κ1) is 9.44. The van der Waals surface area contributed by atoms with Gasteiger partial charge in [0, 0.05) is 25.7 Å². The fraction of sp³-hybridized carbons (Fsp3) is 0.375. The number of hydrogen-bond donors (Lipinski definition) is 0. The monoisotopic (exact) mass is 181 g/mol. The van der Waals surface area contributed by atoms with E-state index in [0.29, 0.717) is 6.42 Å². The molecule has 0 aromatic carbocycles. The highest BCUT2D eigenvalue weighted by molar-refractivity contribution is 5.46. The maximum atomic E-state index is 10.5. The topological polar surface area (TPSA) is 61.0 Å². The molecule has 70 valence electrons. The molecular weight excluding hydrogens is 170 g/mol. The summed E-state index contributed by atoms with van der Waals surface area (Å²) >= 11 is 0. The molecule has 1 rings (SSSR count). The van der Waals surface area contributed by atoms with E-state index in [4.69, 9.17) is 0 Å². The number of nitrogens with zero attached hydrogens (tertiary/aromatic N) is 3. The zero-order valence-electron chi connectivity index (χ0n) is 7.60. The van der Waals surface area contributed by atoms with Gasteiger partial charge in [0.1, 0.15) is 0 Å². The summed E-state index contributed by atoms with van der Waals surface area (Å²) in [6, 6.07) is 1.74. The second-order valence-electron chi connectivity index (χ2n) is 2.63. The minimum absolute atomic E-state index is 0.198. The van der Waals surface area contributed by atoms with Crippen LogP contribution in [0.25, 0.3) is 6.08 Å². The molecule has 13 heavy (non-hydrogen) atoms. The van der Waals surface area contributed by atoms with Gasteiger partial charge in [-0.15, -0.1) is 0 Å². The van der Waals surface area contributed by atoms with Gasteiger partial charge >= 0.3 is 0 Å². The van der Waals surface area contributed by atoms with Crippen molar-refractivity contribution in [3.8, 4) is 0 Å². The molecule has 0 aliphatic rings. The van der Waals surface area contributed by atoms with Crippen LogP contribution in [0.5, 0.6) is 0 Å². The van der Waals surface area contributed by atoms with Crippen LogP contribution in [0.4, 0.5) is 0 Å². The Morgan fingerprint density at radius 2 is 2.54 bits per heavy atom. The lowest BCUT2D eigenvalue weighted by molar-refractivity contribution is -0.425. The summed E-state index contributed by atoms with van der Waals surface area (Å²) in [5.74, 6) is 0. The normalized spacial score (nSPS) is 11.7. The van der Waals surface area contributed by atoms with Crippen LogP contribution in [-0.2, 0) is 7.05 Å². The van der Waals surface area contributed by atoms with Crippen molar-refractivity contribution in [1.29, 1.82) is 0 Å². The zero-order valence-corrected chi connectivity index (χ0v) is 7.60. The third-order valence-electron chi connectivity index (χ3n) is 1.77. The Morgan fingerprint density at radius 3 is 2.92 bits per heavy atom. The lowest BCUT2D eigenvalue weighted by atomic mass is 10.3. The Hall–Kier alpha value is -1.65. The Morgan fingerprint density at radius 1 is 1.85 bits per heavy atom. The maximum absolute atomic E-state index is 10.5. The molecule has 5 nitrogen and oxygen atoms in total. The molecule has 1 heterocycles. The molecule has 0 saturated carbocycles. The van der Waals surface area contributed by atoms with Gasteiger partial charge in [-0.3, -0.25) is 14.8 Å². The first-order valence-corrected chi connectivity index (χ1v) is 3.98. The van der Waals surface area contributed by atoms with Gasteiger partial charge in [0.05, 0.1) is 10.6 Å². The molecule has 0 unspecified atom stereocenters. The van der Waals surface area contributed by atoms with Crippen molar-refractivity contribution in [2.45, 2.75) is 13.3 Å². The summed E-state index contributed by atoms with van der Waals surface area (Å²) < 4.78 is 1.60. The second kappa shape index (κ2) is 3.84. The predicted octanol–water partition coefficient (Wildman–Crippen LogP) is 1.45. The molecule has 5 heteroatoms. The molecule has 0 amide bonds. The van der Waals surface area contributed by atoms with Crippen molar-refractivity contribution < 1.29 is 4.92 Å². The third kappa shape index (κ3) is 2.14. The van der Waals surface area contributed by atoms with Gasteiger partial charge in [0.25, 0.3) is 0 Å². The molecule has 0 N–H and O–H groups in total. The van der Waals surface area contributed by atoms with Gasteiger partial charge in [0.2, 0.25) is 5.70 Å². The van der Waals surface area contributed by atoms with Crippen LogP contribution in [0.15, 0.2) is 18.0 Å². The average Bonchev–Trinajstić information content (AvgIpc) is 2.46. The quantitative estimate of drug-likeness (QED) is 0.523. The van der Waals surface area contributed by atoms with Crippen molar-refractivity contribution in [2.24, 2.45) is 7.05 Å². The van der Waals surface area contributed by atoms with Crippen molar-refractivity contribution >= 4 is 6.08 Å². The van der Waals surface area contributed by atoms with Crippen LogP contribution in [0, 0.1) is 10.1 Å². The van der Waals surface area contributed by atoms with E-state index in [-0.39, 0.29) is 10.6 Å². The number of aryl methyl sites for hydroxylation is 1. The Kier molecular flexibility index (Phi) is 2.79. The lowest BCUT2D eigenvalue weighted by Gasteiger charge is -1.95. The maximum Gasteiger partial charge on any atom is 0.248 e. The van der Waals surface area contributed by atoms with E-state index < -0.39 is 0 Å². The SMILES string of the molecule is CCC(=Cc1ccnn1C)[N+](=O)[O-]. The summed E-state index contributed by atoms with van der Waals surface area (Å²) in [7, 11) is 1.75. The molecule has 0 aliphatic carbocycles. The van der Waals surface area contributed by atoms with Gasteiger partial charge in [-0.05, 0) is 6.07 Å². The highest BCUT2D eigenvalue weighted by Gasteiger charge is 2.08. The molecule has 1 aromatic rings. The number of allylic oxidation sites excluding steroid dienone is 1. The van der Waals surface area contributed by atoms with Crippen molar-refractivity contribution in [3.63, 3.8) is 0 Å². The van der Waals surface area contributed by atoms with E-state index in [1.165, 1.54) is 6.08 Å². The zero-order chi connectivity index (χ0) is 9.84. The summed E-state index contributed by atoms with van der Waals surface area (Å²) in [6.07, 6.45) is 3.56. The fourth-order valence-electron chi connectivity index (χ4n) is 0.980. The standard InChI is InChI=1S/C8H11N3O2/c1-3-7(11(12)13)6-8-4-5-9-10(8)2/h4-6H,3H2,1-2H3. The molecular formula is C8H11N3O2. The van der Waals surface area contributed by atoms with Crippen LogP contribution in [0.2, 0.25) is 0 Å². The minimum atomic E-state index is -0.368. The first-order valence-electron chi connectivity index (χ1n) is 3.98. The molecule has 0 fully saturated rings. The van der Waals surface area contributed by atoms with Crippen LogP contribution < -0.4 is 0 Å². The molecule has 0 bridgehead atoms. The lowest BCUT2D eigenvalue weighted by Crippen LogP contribution is -1.99. The van der Waals surface area contributed by atoms with E-state index in [9.17, 15) is 10.1 Å². The van der Waals surface area contributed by atoms with Gasteiger partial charge in [-0.2, -0.15) is 5.10 Å². The van der Waals surface area contributed by atoms with Crippen LogP contribution in [0.3, 0.4) is 0 Å². The largest absolute Gasteiger partial charge is 0.268 e. The minimum Gasteiger partial charge on any atom is -0.268 e. The van der Waals surface area contributed by atoms with E-state index in [0.717, 1.165) is 5.69 Å². The Balaban J connectivity index is 2.98. The van der Waals surface area contributed by atoms with Crippen molar-refractivity contribution in [1.82, 2.24) is 9.78 Å². The van der Waals surface area contributed by atoms with Gasteiger partial charge < -0.3 is 0 Å². The molecule has 0 atom stereocenters. The highest BCUT2D eigenvalue weighted by atomic mass is 16.6. The van der Waals surface area contributed by atoms with E-state index in [2.05, 4.69) is 5.10 Å². The van der Waals surface area contributed by atoms with Gasteiger partial charge in [-0.25, -0.2) is 0 Å². The highest BCUT2D eigenvalue weighted by Crippen LogP contribution is 2.08. The van der Waals surface area contributed by atoms with Crippen molar-refractivity contribution in [3.05, 3.63) is 33.8 Å². The first-order chi connectivity index (χ1) is 6.15. The summed E-state index contributed by atoms with van der Waals surface area (Å²) in [5, 5.41) is 14.4. The van der Waals surface area contributed by atoms with E-state index in [1.807, 2.05) is 0 Å². The fourth-order valence-corrected chi connectivity index (χ4v) is 0.980. The summed E-state index contributed by atoms with van der Waals surface area (Å²) in [6.45, 7) is 1.75. The van der Waals surface area contributed by atoms with E-state index in [1.54, 1.807) is 30.9 Å². The molecule has 0 radical (unpaired) electrons. The van der Waals surface area contributed by atoms with Gasteiger partial charge in [-0.1, -0.05) is 6.92 Å². The van der Waals surface area contributed by atoms with Crippen LogP contribution >= 0.6 is 0 Å². The Labute approximate surface area is 75.8 Å². The predicted molar refractivity (Wildman–Crippen MR) is 48.5 cm³/mol.